The van der Waals surface area contributed by atoms with Gasteiger partial charge in [-0.1, -0.05) is 26.8 Å². The van der Waals surface area contributed by atoms with Crippen LogP contribution in [-0.2, 0) is 6.54 Å². The van der Waals surface area contributed by atoms with Crippen molar-refractivity contribution < 1.29 is 33.0 Å². The third kappa shape index (κ3) is 3.48. The predicted octanol–water partition coefficient (Wildman–Crippen LogP) is 1.32. The molecular weight excluding hydrogens is 387 g/mol. The number of rotatable bonds is 4. The molecule has 0 saturated carbocycles. The molecule has 3 nitrogen and oxygen atoms in total. The Bertz CT molecular complexity index is 765. The summed E-state index contributed by atoms with van der Waals surface area (Å²) >= 11 is 0. The second kappa shape index (κ2) is 7.22. The highest BCUT2D eigenvalue weighted by atomic mass is 127. The zero-order valence-electron chi connectivity index (χ0n) is 13.2. The van der Waals surface area contributed by atoms with Crippen molar-refractivity contribution in [1.29, 1.82) is 0 Å². The molecule has 0 bridgehead atoms. The van der Waals surface area contributed by atoms with Gasteiger partial charge in [0.15, 0.2) is 18.0 Å². The Hall–Kier alpha value is -1.43. The van der Waals surface area contributed by atoms with Crippen LogP contribution in [0.5, 0.6) is 0 Å². The van der Waals surface area contributed by atoms with Gasteiger partial charge in [-0.25, -0.2) is 9.55 Å². The Kier molecular flexibility index (Phi) is 5.56. The number of nitrogens with zero attached hydrogens (tertiary/aromatic N) is 2. The number of aryl methyl sites for hydroxylation is 1. The summed E-state index contributed by atoms with van der Waals surface area (Å²) < 4.78 is 8.07. The van der Waals surface area contributed by atoms with Gasteiger partial charge in [-0.2, -0.15) is 0 Å². The van der Waals surface area contributed by atoms with Crippen molar-refractivity contribution in [2.24, 2.45) is 0 Å². The van der Waals surface area contributed by atoms with Gasteiger partial charge in [0.05, 0.1) is 0 Å². The van der Waals surface area contributed by atoms with E-state index in [1.807, 2.05) is 18.2 Å². The highest BCUT2D eigenvalue weighted by Gasteiger charge is 2.12. The number of halogens is 1. The van der Waals surface area contributed by atoms with E-state index in [0.717, 1.165) is 29.6 Å². The first-order valence-electron chi connectivity index (χ1n) is 7.57. The van der Waals surface area contributed by atoms with Crippen molar-refractivity contribution in [3.8, 4) is 11.5 Å². The summed E-state index contributed by atoms with van der Waals surface area (Å²) in [5.74, 6) is 1.19. The maximum atomic E-state index is 5.90. The van der Waals surface area contributed by atoms with Crippen LogP contribution in [0.15, 0.2) is 47.1 Å². The zero-order chi connectivity index (χ0) is 14.8. The van der Waals surface area contributed by atoms with Crippen molar-refractivity contribution in [3.05, 3.63) is 48.3 Å². The molecule has 0 spiro atoms. The molecule has 3 aromatic rings. The van der Waals surface area contributed by atoms with Crippen LogP contribution in [0.25, 0.3) is 22.6 Å². The van der Waals surface area contributed by atoms with E-state index in [-0.39, 0.29) is 24.0 Å². The van der Waals surface area contributed by atoms with Crippen LogP contribution in [-0.4, -0.2) is 4.98 Å². The van der Waals surface area contributed by atoms with E-state index in [9.17, 15) is 0 Å². The lowest BCUT2D eigenvalue weighted by molar-refractivity contribution is -0.696. The monoisotopic (exact) mass is 408 g/mol. The Labute approximate surface area is 148 Å². The molecule has 0 unspecified atom stereocenters. The van der Waals surface area contributed by atoms with Gasteiger partial charge in [-0.15, -0.1) is 0 Å². The Balaban J connectivity index is 0.00000176. The Morgan fingerprint density at radius 2 is 2.05 bits per heavy atom. The van der Waals surface area contributed by atoms with Crippen LogP contribution in [0.1, 0.15) is 38.7 Å². The third-order valence-corrected chi connectivity index (χ3v) is 3.67. The molecule has 0 aliphatic carbocycles. The summed E-state index contributed by atoms with van der Waals surface area (Å²) in [7, 11) is 0. The van der Waals surface area contributed by atoms with E-state index < -0.39 is 0 Å². The Morgan fingerprint density at radius 1 is 1.23 bits per heavy atom. The molecular formula is C18H21IN2O. The van der Waals surface area contributed by atoms with E-state index in [4.69, 9.17) is 4.42 Å². The van der Waals surface area contributed by atoms with E-state index in [1.165, 1.54) is 5.56 Å². The van der Waals surface area contributed by atoms with Crippen molar-refractivity contribution in [2.75, 3.05) is 0 Å². The van der Waals surface area contributed by atoms with E-state index in [1.54, 1.807) is 0 Å². The molecule has 0 N–H and O–H groups in total. The summed E-state index contributed by atoms with van der Waals surface area (Å²) in [5.41, 5.74) is 4.09. The van der Waals surface area contributed by atoms with Crippen molar-refractivity contribution in [2.45, 2.75) is 39.7 Å². The molecule has 0 saturated heterocycles. The number of fused-ring (bicyclic) bond motifs is 1. The lowest BCUT2D eigenvalue weighted by Gasteiger charge is -2.02. The smallest absolute Gasteiger partial charge is 0.233 e. The molecule has 2 heterocycles. The number of benzene rings is 1. The normalized spacial score (nSPS) is 10.9. The van der Waals surface area contributed by atoms with Crippen molar-refractivity contribution >= 4 is 11.1 Å². The van der Waals surface area contributed by atoms with E-state index in [0.29, 0.717) is 11.8 Å². The molecule has 2 aromatic heterocycles. The standard InChI is InChI=1S/C18H21N2O.HI/c1-4-9-20-10-5-6-15(12-20)18-19-16-11-14(13(2)3)7-8-17(16)21-18;/h5-8,10-13H,4,9H2,1-3H3;1H/q+1;/p-1. The van der Waals surface area contributed by atoms with Crippen molar-refractivity contribution in [1.82, 2.24) is 4.98 Å². The number of hydrogen-bond donors (Lipinski definition) is 0. The highest BCUT2D eigenvalue weighted by Crippen LogP contribution is 2.26. The first-order chi connectivity index (χ1) is 10.2. The van der Waals surface area contributed by atoms with Gasteiger partial charge >= 0.3 is 0 Å². The van der Waals surface area contributed by atoms with Crippen LogP contribution in [0.2, 0.25) is 0 Å². The average molecular weight is 408 g/mol. The molecule has 3 rings (SSSR count). The van der Waals surface area contributed by atoms with Crippen LogP contribution in [0.4, 0.5) is 0 Å². The van der Waals surface area contributed by atoms with Crippen LogP contribution < -0.4 is 28.5 Å². The fourth-order valence-electron chi connectivity index (χ4n) is 2.47. The molecule has 22 heavy (non-hydrogen) atoms. The minimum atomic E-state index is 0. The quantitative estimate of drug-likeness (QED) is 0.482. The van der Waals surface area contributed by atoms with Gasteiger partial charge in [0, 0.05) is 12.5 Å². The maximum Gasteiger partial charge on any atom is 0.233 e. The molecule has 0 amide bonds. The summed E-state index contributed by atoms with van der Waals surface area (Å²) in [6.07, 6.45) is 5.28. The number of aromatic nitrogens is 2. The SMILES string of the molecule is CCC[n+]1cccc(-c2nc3cc(C(C)C)ccc3o2)c1.[I-]. The molecule has 116 valence electrons. The first kappa shape index (κ1) is 16.9. The second-order valence-corrected chi connectivity index (χ2v) is 5.73. The predicted molar refractivity (Wildman–Crippen MR) is 84.0 cm³/mol. The molecule has 0 radical (unpaired) electrons. The molecule has 0 fully saturated rings. The van der Waals surface area contributed by atoms with Gasteiger partial charge in [-0.3, -0.25) is 0 Å². The first-order valence-corrected chi connectivity index (χ1v) is 7.57. The van der Waals surface area contributed by atoms with Gasteiger partial charge in [0.1, 0.15) is 17.6 Å². The molecule has 4 heteroatoms. The largest absolute Gasteiger partial charge is 1.00 e. The van der Waals surface area contributed by atoms with Gasteiger partial charge < -0.3 is 28.4 Å². The highest BCUT2D eigenvalue weighted by molar-refractivity contribution is 5.76. The van der Waals surface area contributed by atoms with Gasteiger partial charge in [0.2, 0.25) is 5.89 Å². The summed E-state index contributed by atoms with van der Waals surface area (Å²) in [4.78, 5) is 4.65. The fourth-order valence-corrected chi connectivity index (χ4v) is 2.47. The topological polar surface area (TPSA) is 29.9 Å². The minimum Gasteiger partial charge on any atom is -1.00 e. The van der Waals surface area contributed by atoms with Crippen molar-refractivity contribution in [3.63, 3.8) is 0 Å². The summed E-state index contributed by atoms with van der Waals surface area (Å²) in [5, 5.41) is 0. The Morgan fingerprint density at radius 3 is 2.77 bits per heavy atom. The molecule has 0 aliphatic heterocycles. The average Bonchev–Trinajstić information content (AvgIpc) is 2.91. The lowest BCUT2D eigenvalue weighted by Crippen LogP contribution is -3.00. The number of pyridine rings is 1. The van der Waals surface area contributed by atoms with Gasteiger partial charge in [-0.05, 0) is 29.7 Å². The summed E-state index contributed by atoms with van der Waals surface area (Å²) in [6.45, 7) is 7.55. The minimum absolute atomic E-state index is 0. The molecule has 0 aliphatic rings. The second-order valence-electron chi connectivity index (χ2n) is 5.73. The van der Waals surface area contributed by atoms with E-state index in [2.05, 4.69) is 54.8 Å². The zero-order valence-corrected chi connectivity index (χ0v) is 15.4. The number of oxazole rings is 1. The third-order valence-electron chi connectivity index (χ3n) is 3.67. The lowest BCUT2D eigenvalue weighted by atomic mass is 10.0. The summed E-state index contributed by atoms with van der Waals surface area (Å²) in [6, 6.07) is 10.3. The molecule has 1 aromatic carbocycles. The molecule has 0 atom stereocenters. The van der Waals surface area contributed by atoms with Gasteiger partial charge in [0.25, 0.3) is 0 Å². The van der Waals surface area contributed by atoms with Crippen LogP contribution >= 0.6 is 0 Å². The fraction of sp³-hybridized carbons (Fsp3) is 0.333. The van der Waals surface area contributed by atoms with Crippen LogP contribution in [0.3, 0.4) is 0 Å². The van der Waals surface area contributed by atoms with Crippen LogP contribution in [0, 0.1) is 0 Å². The number of hydrogen-bond acceptors (Lipinski definition) is 2. The van der Waals surface area contributed by atoms with E-state index >= 15 is 0 Å². The maximum absolute atomic E-state index is 5.90.